The lowest BCUT2D eigenvalue weighted by Gasteiger charge is -2.24. The molecule has 1 unspecified atom stereocenters. The van der Waals surface area contributed by atoms with E-state index in [2.05, 4.69) is 5.32 Å². The van der Waals surface area contributed by atoms with Gasteiger partial charge in [-0.25, -0.2) is 13.2 Å². The Morgan fingerprint density at radius 1 is 1.00 bits per heavy atom. The van der Waals surface area contributed by atoms with Gasteiger partial charge in [0.1, 0.15) is 6.04 Å². The van der Waals surface area contributed by atoms with E-state index in [1.54, 1.807) is 4.90 Å². The third-order valence-corrected chi connectivity index (χ3v) is 4.65. The fraction of sp³-hybridized carbons (Fsp3) is 0.471. The first-order valence-electron chi connectivity index (χ1n) is 8.39. The maximum atomic E-state index is 13.8. The van der Waals surface area contributed by atoms with Crippen molar-refractivity contribution in [3.63, 3.8) is 0 Å². The predicted octanol–water partition coefficient (Wildman–Crippen LogP) is 1.06. The van der Waals surface area contributed by atoms with Crippen molar-refractivity contribution in [3.8, 4) is 0 Å². The van der Waals surface area contributed by atoms with Crippen molar-refractivity contribution in [1.82, 2.24) is 15.1 Å². The minimum absolute atomic E-state index is 0.143. The minimum atomic E-state index is -1.68. The Labute approximate surface area is 147 Å². The van der Waals surface area contributed by atoms with Crippen molar-refractivity contribution >= 4 is 17.7 Å². The molecule has 9 heteroatoms. The Hall–Kier alpha value is -2.58. The van der Waals surface area contributed by atoms with Gasteiger partial charge < -0.3 is 15.1 Å². The van der Waals surface area contributed by atoms with Gasteiger partial charge in [-0.05, 0) is 25.0 Å². The van der Waals surface area contributed by atoms with Crippen LogP contribution in [0.2, 0.25) is 0 Å². The second kappa shape index (κ2) is 7.35. The second-order valence-electron chi connectivity index (χ2n) is 6.35. The van der Waals surface area contributed by atoms with E-state index in [1.807, 2.05) is 0 Å². The lowest BCUT2D eigenvalue weighted by Crippen LogP contribution is -2.46. The molecule has 0 radical (unpaired) electrons. The molecule has 0 aliphatic carbocycles. The van der Waals surface area contributed by atoms with Gasteiger partial charge in [-0.2, -0.15) is 0 Å². The summed E-state index contributed by atoms with van der Waals surface area (Å²) < 4.78 is 40.2. The molecule has 3 rings (SSSR count). The molecule has 0 aromatic heterocycles. The Kier molecular flexibility index (Phi) is 5.15. The van der Waals surface area contributed by atoms with Crippen LogP contribution in [0, 0.1) is 17.5 Å². The van der Waals surface area contributed by atoms with Crippen LogP contribution in [-0.4, -0.2) is 59.7 Å². The monoisotopic (exact) mass is 369 g/mol. The van der Waals surface area contributed by atoms with Crippen LogP contribution in [0.3, 0.4) is 0 Å². The molecule has 3 amide bonds. The molecule has 0 bridgehead atoms. The molecular weight excluding hydrogens is 351 g/mol. The zero-order valence-electron chi connectivity index (χ0n) is 13.9. The minimum Gasteiger partial charge on any atom is -0.344 e. The molecule has 2 heterocycles. The van der Waals surface area contributed by atoms with Crippen LogP contribution in [0.25, 0.3) is 0 Å². The average molecular weight is 369 g/mol. The summed E-state index contributed by atoms with van der Waals surface area (Å²) in [6, 6.07) is 1.08. The quantitative estimate of drug-likeness (QED) is 0.793. The lowest BCUT2D eigenvalue weighted by atomic mass is 10.1. The van der Waals surface area contributed by atoms with E-state index in [9.17, 15) is 27.6 Å². The van der Waals surface area contributed by atoms with E-state index in [0.717, 1.165) is 6.07 Å². The SMILES string of the molecule is O=C1CCC(C(=O)N2CCCN(C(=O)c3ccc(F)c(F)c3F)CC2)N1. The molecule has 1 aromatic rings. The largest absolute Gasteiger partial charge is 0.344 e. The van der Waals surface area contributed by atoms with Crippen LogP contribution < -0.4 is 5.32 Å². The molecule has 2 fully saturated rings. The van der Waals surface area contributed by atoms with Crippen LogP contribution in [0.5, 0.6) is 0 Å². The smallest absolute Gasteiger partial charge is 0.257 e. The molecular formula is C17H18F3N3O3. The van der Waals surface area contributed by atoms with Gasteiger partial charge in [0, 0.05) is 32.6 Å². The van der Waals surface area contributed by atoms with Crippen LogP contribution in [0.1, 0.15) is 29.6 Å². The molecule has 140 valence electrons. The van der Waals surface area contributed by atoms with Crippen LogP contribution in [0.4, 0.5) is 13.2 Å². The van der Waals surface area contributed by atoms with Crippen LogP contribution >= 0.6 is 0 Å². The van der Waals surface area contributed by atoms with E-state index >= 15 is 0 Å². The molecule has 1 atom stereocenters. The van der Waals surface area contributed by atoms with E-state index < -0.39 is 35.0 Å². The second-order valence-corrected chi connectivity index (χ2v) is 6.35. The standard InChI is InChI=1S/C17H18F3N3O3/c18-11-3-2-10(14(19)15(11)20)16(25)22-6-1-7-23(9-8-22)17(26)12-4-5-13(24)21-12/h2-3,12H,1,4-9H2,(H,21,24). The summed E-state index contributed by atoms with van der Waals surface area (Å²) in [4.78, 5) is 39.0. The molecule has 2 saturated heterocycles. The van der Waals surface area contributed by atoms with Crippen molar-refractivity contribution < 1.29 is 27.6 Å². The molecule has 2 aliphatic rings. The fourth-order valence-corrected chi connectivity index (χ4v) is 3.22. The van der Waals surface area contributed by atoms with Gasteiger partial charge in [0.2, 0.25) is 11.8 Å². The highest BCUT2D eigenvalue weighted by atomic mass is 19.2. The summed E-state index contributed by atoms with van der Waals surface area (Å²) >= 11 is 0. The van der Waals surface area contributed by atoms with E-state index in [0.29, 0.717) is 31.9 Å². The Balaban J connectivity index is 1.67. The fourth-order valence-electron chi connectivity index (χ4n) is 3.22. The molecule has 1 aromatic carbocycles. The normalized spacial score (nSPS) is 20.7. The number of halogens is 3. The summed E-state index contributed by atoms with van der Waals surface area (Å²) in [5.41, 5.74) is -0.535. The van der Waals surface area contributed by atoms with Gasteiger partial charge in [0.25, 0.3) is 5.91 Å². The van der Waals surface area contributed by atoms with Gasteiger partial charge in [-0.15, -0.1) is 0 Å². The topological polar surface area (TPSA) is 69.7 Å². The number of benzene rings is 1. The van der Waals surface area contributed by atoms with Crippen molar-refractivity contribution in [2.45, 2.75) is 25.3 Å². The number of hydrogen-bond acceptors (Lipinski definition) is 3. The van der Waals surface area contributed by atoms with Crippen LogP contribution in [0.15, 0.2) is 12.1 Å². The van der Waals surface area contributed by atoms with Crippen molar-refractivity contribution in [1.29, 1.82) is 0 Å². The first-order chi connectivity index (χ1) is 12.4. The van der Waals surface area contributed by atoms with Crippen molar-refractivity contribution in [2.24, 2.45) is 0 Å². The maximum Gasteiger partial charge on any atom is 0.257 e. The first kappa shape index (κ1) is 18.2. The van der Waals surface area contributed by atoms with Crippen molar-refractivity contribution in [3.05, 3.63) is 35.1 Å². The zero-order valence-corrected chi connectivity index (χ0v) is 13.9. The zero-order chi connectivity index (χ0) is 18.8. The third kappa shape index (κ3) is 3.51. The van der Waals surface area contributed by atoms with Gasteiger partial charge >= 0.3 is 0 Å². The third-order valence-electron chi connectivity index (χ3n) is 4.65. The lowest BCUT2D eigenvalue weighted by molar-refractivity contribution is -0.134. The van der Waals surface area contributed by atoms with Gasteiger partial charge in [0.15, 0.2) is 17.5 Å². The Morgan fingerprint density at radius 2 is 1.69 bits per heavy atom. The summed E-state index contributed by atoms with van der Waals surface area (Å²) in [7, 11) is 0. The van der Waals surface area contributed by atoms with Crippen LogP contribution in [-0.2, 0) is 9.59 Å². The van der Waals surface area contributed by atoms with Gasteiger partial charge in [-0.3, -0.25) is 14.4 Å². The number of carbonyl (C=O) groups is 3. The number of nitrogens with one attached hydrogen (secondary N) is 1. The number of rotatable bonds is 2. The van der Waals surface area contributed by atoms with E-state index in [-0.39, 0.29) is 31.4 Å². The molecule has 26 heavy (non-hydrogen) atoms. The maximum absolute atomic E-state index is 13.8. The molecule has 0 spiro atoms. The highest BCUT2D eigenvalue weighted by molar-refractivity contribution is 5.95. The summed E-state index contributed by atoms with van der Waals surface area (Å²) in [5.74, 6) is -5.66. The first-order valence-corrected chi connectivity index (χ1v) is 8.39. The molecule has 6 nitrogen and oxygen atoms in total. The van der Waals surface area contributed by atoms with Gasteiger partial charge in [0.05, 0.1) is 5.56 Å². The van der Waals surface area contributed by atoms with E-state index in [1.165, 1.54) is 4.90 Å². The molecule has 0 saturated carbocycles. The Morgan fingerprint density at radius 3 is 2.38 bits per heavy atom. The summed E-state index contributed by atoms with van der Waals surface area (Å²) in [5, 5.41) is 2.61. The molecule has 2 aliphatic heterocycles. The summed E-state index contributed by atoms with van der Waals surface area (Å²) in [6.07, 6.45) is 1.21. The molecule has 1 N–H and O–H groups in total. The average Bonchev–Trinajstić information content (AvgIpc) is 2.91. The number of carbonyl (C=O) groups excluding carboxylic acids is 3. The number of hydrogen-bond donors (Lipinski definition) is 1. The predicted molar refractivity (Wildman–Crippen MR) is 84.6 cm³/mol. The van der Waals surface area contributed by atoms with Crippen molar-refractivity contribution in [2.75, 3.05) is 26.2 Å². The highest BCUT2D eigenvalue weighted by Gasteiger charge is 2.32. The highest BCUT2D eigenvalue weighted by Crippen LogP contribution is 2.18. The Bertz CT molecular complexity index is 756. The number of amides is 3. The van der Waals surface area contributed by atoms with E-state index in [4.69, 9.17) is 0 Å². The summed E-state index contributed by atoms with van der Waals surface area (Å²) in [6.45, 7) is 1.03. The van der Waals surface area contributed by atoms with Gasteiger partial charge in [-0.1, -0.05) is 0 Å². The number of nitrogens with zero attached hydrogens (tertiary/aromatic N) is 2.